The molecule has 0 saturated carbocycles. The van der Waals surface area contributed by atoms with Crippen LogP contribution in [0.2, 0.25) is 0 Å². The second-order valence-electron chi connectivity index (χ2n) is 4.91. The first-order chi connectivity index (χ1) is 10.5. The van der Waals surface area contributed by atoms with Crippen LogP contribution in [-0.2, 0) is 0 Å². The Morgan fingerprint density at radius 2 is 2.09 bits per heavy atom. The number of furan rings is 1. The van der Waals surface area contributed by atoms with Crippen LogP contribution in [0, 0.1) is 6.92 Å². The lowest BCUT2D eigenvalue weighted by Crippen LogP contribution is -2.29. The Morgan fingerprint density at radius 1 is 1.32 bits per heavy atom. The summed E-state index contributed by atoms with van der Waals surface area (Å²) in [4.78, 5) is 25.6. The van der Waals surface area contributed by atoms with E-state index in [-0.39, 0.29) is 30.7 Å². The number of rotatable bonds is 5. The zero-order chi connectivity index (χ0) is 16.1. The zero-order valence-electron chi connectivity index (χ0n) is 12.5. The number of carbonyl (C=O) groups excluding carboxylic acids is 2. The summed E-state index contributed by atoms with van der Waals surface area (Å²) < 4.78 is 5.04. The van der Waals surface area contributed by atoms with Crippen LogP contribution in [0.4, 0.5) is 5.69 Å². The number of aliphatic hydroxyl groups excluding tert-OH is 1. The minimum Gasteiger partial charge on any atom is -0.459 e. The molecule has 0 aliphatic carbocycles. The van der Waals surface area contributed by atoms with Gasteiger partial charge in [0.1, 0.15) is 0 Å². The van der Waals surface area contributed by atoms with Gasteiger partial charge in [-0.05, 0) is 36.8 Å². The van der Waals surface area contributed by atoms with E-state index < -0.39 is 0 Å². The third kappa shape index (κ3) is 3.53. The molecule has 0 spiro atoms. The Hall–Kier alpha value is -2.60. The summed E-state index contributed by atoms with van der Waals surface area (Å²) in [6.45, 7) is 1.99. The fourth-order valence-electron chi connectivity index (χ4n) is 1.95. The number of aryl methyl sites for hydroxylation is 1. The number of anilines is 1. The fourth-order valence-corrected chi connectivity index (χ4v) is 1.95. The molecule has 0 aliphatic heterocycles. The van der Waals surface area contributed by atoms with E-state index in [1.54, 1.807) is 37.4 Å². The Labute approximate surface area is 128 Å². The van der Waals surface area contributed by atoms with Gasteiger partial charge in [-0.15, -0.1) is 0 Å². The molecule has 0 unspecified atom stereocenters. The molecule has 0 aliphatic rings. The van der Waals surface area contributed by atoms with Gasteiger partial charge in [0.15, 0.2) is 5.76 Å². The van der Waals surface area contributed by atoms with Gasteiger partial charge in [-0.3, -0.25) is 9.59 Å². The van der Waals surface area contributed by atoms with Crippen molar-refractivity contribution in [1.82, 2.24) is 4.90 Å². The molecule has 0 saturated heterocycles. The van der Waals surface area contributed by atoms with Crippen molar-refractivity contribution in [2.45, 2.75) is 6.92 Å². The molecule has 2 amide bonds. The van der Waals surface area contributed by atoms with E-state index in [4.69, 9.17) is 9.52 Å². The Balaban J connectivity index is 2.20. The van der Waals surface area contributed by atoms with E-state index in [1.165, 1.54) is 11.2 Å². The second-order valence-corrected chi connectivity index (χ2v) is 4.91. The van der Waals surface area contributed by atoms with E-state index in [1.807, 2.05) is 6.92 Å². The SMILES string of the molecule is Cc1ccc(C(=O)N(C)CCO)cc1NC(=O)c1ccco1. The Morgan fingerprint density at radius 3 is 2.73 bits per heavy atom. The maximum Gasteiger partial charge on any atom is 0.291 e. The van der Waals surface area contributed by atoms with Crippen molar-refractivity contribution in [2.75, 3.05) is 25.5 Å². The van der Waals surface area contributed by atoms with Crippen LogP contribution in [-0.4, -0.2) is 42.0 Å². The van der Waals surface area contributed by atoms with E-state index in [2.05, 4.69) is 5.32 Å². The van der Waals surface area contributed by atoms with E-state index in [9.17, 15) is 9.59 Å². The number of nitrogens with one attached hydrogen (secondary N) is 1. The van der Waals surface area contributed by atoms with Crippen LogP contribution in [0.25, 0.3) is 0 Å². The molecule has 1 heterocycles. The van der Waals surface area contributed by atoms with Gasteiger partial charge < -0.3 is 19.7 Å². The van der Waals surface area contributed by atoms with Gasteiger partial charge in [0.2, 0.25) is 0 Å². The molecule has 22 heavy (non-hydrogen) atoms. The van der Waals surface area contributed by atoms with Crippen molar-refractivity contribution in [3.63, 3.8) is 0 Å². The quantitative estimate of drug-likeness (QED) is 0.883. The highest BCUT2D eigenvalue weighted by atomic mass is 16.3. The van der Waals surface area contributed by atoms with Crippen molar-refractivity contribution in [1.29, 1.82) is 0 Å². The molecule has 0 radical (unpaired) electrons. The summed E-state index contributed by atoms with van der Waals surface area (Å²) in [7, 11) is 1.61. The molecule has 1 aromatic heterocycles. The third-order valence-corrected chi connectivity index (χ3v) is 3.26. The lowest BCUT2D eigenvalue weighted by atomic mass is 10.1. The van der Waals surface area contributed by atoms with Crippen molar-refractivity contribution in [3.8, 4) is 0 Å². The summed E-state index contributed by atoms with van der Waals surface area (Å²) in [5, 5.41) is 11.6. The smallest absolute Gasteiger partial charge is 0.291 e. The van der Waals surface area contributed by atoms with Crippen LogP contribution < -0.4 is 5.32 Å². The van der Waals surface area contributed by atoms with E-state index >= 15 is 0 Å². The van der Waals surface area contributed by atoms with Crippen LogP contribution in [0.15, 0.2) is 41.0 Å². The molecule has 2 rings (SSSR count). The number of benzene rings is 1. The molecule has 6 heteroatoms. The molecule has 6 nitrogen and oxygen atoms in total. The summed E-state index contributed by atoms with van der Waals surface area (Å²) in [6.07, 6.45) is 1.42. The molecular formula is C16H18N2O4. The van der Waals surface area contributed by atoms with Crippen LogP contribution in [0.5, 0.6) is 0 Å². The first-order valence-corrected chi connectivity index (χ1v) is 6.84. The van der Waals surface area contributed by atoms with Gasteiger partial charge in [0.05, 0.1) is 12.9 Å². The highest BCUT2D eigenvalue weighted by Crippen LogP contribution is 2.19. The summed E-state index contributed by atoms with van der Waals surface area (Å²) >= 11 is 0. The van der Waals surface area contributed by atoms with E-state index in [0.29, 0.717) is 11.3 Å². The molecule has 0 atom stereocenters. The summed E-state index contributed by atoms with van der Waals surface area (Å²) in [5.41, 5.74) is 1.82. The third-order valence-electron chi connectivity index (χ3n) is 3.26. The topological polar surface area (TPSA) is 82.8 Å². The van der Waals surface area contributed by atoms with Crippen molar-refractivity contribution < 1.29 is 19.1 Å². The number of aliphatic hydroxyl groups is 1. The molecule has 116 valence electrons. The monoisotopic (exact) mass is 302 g/mol. The van der Waals surface area contributed by atoms with Gasteiger partial charge in [-0.1, -0.05) is 6.07 Å². The highest BCUT2D eigenvalue weighted by molar-refractivity contribution is 6.03. The fraction of sp³-hybridized carbons (Fsp3) is 0.250. The minimum absolute atomic E-state index is 0.101. The second kappa shape index (κ2) is 6.91. The lowest BCUT2D eigenvalue weighted by Gasteiger charge is -2.17. The number of hydrogen-bond acceptors (Lipinski definition) is 4. The maximum atomic E-state index is 12.2. The number of nitrogens with zero attached hydrogens (tertiary/aromatic N) is 1. The van der Waals surface area contributed by atoms with Crippen molar-refractivity contribution >= 4 is 17.5 Å². The maximum absolute atomic E-state index is 12.2. The van der Waals surface area contributed by atoms with E-state index in [0.717, 1.165) is 5.56 Å². The zero-order valence-corrected chi connectivity index (χ0v) is 12.5. The minimum atomic E-state index is -0.374. The van der Waals surface area contributed by atoms with Gasteiger partial charge in [0, 0.05) is 24.8 Å². The number of hydrogen-bond donors (Lipinski definition) is 2. The van der Waals surface area contributed by atoms with Gasteiger partial charge in [-0.25, -0.2) is 0 Å². The number of amides is 2. The average molecular weight is 302 g/mol. The molecule has 2 N–H and O–H groups in total. The largest absolute Gasteiger partial charge is 0.459 e. The molecule has 0 fully saturated rings. The average Bonchev–Trinajstić information content (AvgIpc) is 3.03. The molecular weight excluding hydrogens is 284 g/mol. The number of likely N-dealkylation sites (N-methyl/N-ethyl adjacent to an activating group) is 1. The summed E-state index contributed by atoms with van der Waals surface area (Å²) in [5.74, 6) is -0.391. The van der Waals surface area contributed by atoms with Gasteiger partial charge >= 0.3 is 0 Å². The standard InChI is InChI=1S/C16H18N2O4/c1-11-5-6-12(16(21)18(2)7-8-19)10-13(11)17-15(20)14-4-3-9-22-14/h3-6,9-10,19H,7-8H2,1-2H3,(H,17,20). The molecule has 0 bridgehead atoms. The van der Waals surface area contributed by atoms with Gasteiger partial charge in [0.25, 0.3) is 11.8 Å². The van der Waals surface area contributed by atoms with Crippen molar-refractivity contribution in [3.05, 3.63) is 53.5 Å². The first-order valence-electron chi connectivity index (χ1n) is 6.84. The molecule has 2 aromatic rings. The van der Waals surface area contributed by atoms with Crippen molar-refractivity contribution in [2.24, 2.45) is 0 Å². The lowest BCUT2D eigenvalue weighted by molar-refractivity contribution is 0.0766. The van der Waals surface area contributed by atoms with Crippen LogP contribution in [0.1, 0.15) is 26.5 Å². The van der Waals surface area contributed by atoms with Gasteiger partial charge in [-0.2, -0.15) is 0 Å². The Kier molecular flexibility index (Phi) is 4.95. The predicted octanol–water partition coefficient (Wildman–Crippen LogP) is 1.90. The Bertz CT molecular complexity index is 665. The van der Waals surface area contributed by atoms with Crippen LogP contribution in [0.3, 0.4) is 0 Å². The predicted molar refractivity (Wildman–Crippen MR) is 81.9 cm³/mol. The van der Waals surface area contributed by atoms with Crippen LogP contribution >= 0.6 is 0 Å². The normalized spacial score (nSPS) is 10.3. The first kappa shape index (κ1) is 15.8. The number of carbonyl (C=O) groups is 2. The highest BCUT2D eigenvalue weighted by Gasteiger charge is 2.15. The summed E-state index contributed by atoms with van der Waals surface area (Å²) in [6, 6.07) is 8.26. The molecule has 1 aromatic carbocycles.